The van der Waals surface area contributed by atoms with Crippen molar-refractivity contribution >= 4 is 28.9 Å². The highest BCUT2D eigenvalue weighted by atomic mass is 35.5. The van der Waals surface area contributed by atoms with E-state index in [9.17, 15) is 9.18 Å². The fraction of sp³-hybridized carbons (Fsp3) is 0.500. The molecule has 2 saturated heterocycles. The van der Waals surface area contributed by atoms with E-state index in [1.165, 1.54) is 6.07 Å². The zero-order valence-corrected chi connectivity index (χ0v) is 13.7. The second-order valence-corrected chi connectivity index (χ2v) is 6.54. The lowest BCUT2D eigenvalue weighted by molar-refractivity contribution is -0.128. The lowest BCUT2D eigenvalue weighted by Gasteiger charge is -2.27. The summed E-state index contributed by atoms with van der Waals surface area (Å²) in [5.41, 5.74) is 1.29. The van der Waals surface area contributed by atoms with E-state index in [0.29, 0.717) is 45.1 Å². The first kappa shape index (κ1) is 15.7. The van der Waals surface area contributed by atoms with Crippen LogP contribution in [0, 0.1) is 11.7 Å². The number of ether oxygens (including phenoxy) is 1. The standard InChI is InChI=1S/C16H17ClFN3O3/c17-12-7-10(1-2-13(12)18)21-8-11-14(9-21)24-19-15(11)16(22)20-3-5-23-6-4-20/h1-2,7,11,14H,3-6,8-9H2/t11-,14+/m0/s1. The summed E-state index contributed by atoms with van der Waals surface area (Å²) in [5, 5.41) is 4.11. The molecule has 6 nitrogen and oxygen atoms in total. The van der Waals surface area contributed by atoms with Gasteiger partial charge in [0.1, 0.15) is 5.82 Å². The van der Waals surface area contributed by atoms with Gasteiger partial charge in [-0.15, -0.1) is 0 Å². The Hall–Kier alpha value is -1.86. The quantitative estimate of drug-likeness (QED) is 0.809. The summed E-state index contributed by atoms with van der Waals surface area (Å²) in [6.45, 7) is 3.44. The van der Waals surface area contributed by atoms with Crippen molar-refractivity contribution in [1.29, 1.82) is 0 Å². The summed E-state index contributed by atoms with van der Waals surface area (Å²) >= 11 is 5.86. The molecule has 0 unspecified atom stereocenters. The molecule has 0 saturated carbocycles. The van der Waals surface area contributed by atoms with Crippen LogP contribution in [0.25, 0.3) is 0 Å². The third kappa shape index (κ3) is 2.71. The first-order valence-corrected chi connectivity index (χ1v) is 8.32. The average Bonchev–Trinajstić information content (AvgIpc) is 3.18. The summed E-state index contributed by atoms with van der Waals surface area (Å²) in [6, 6.07) is 4.63. The molecule has 1 amide bonds. The number of carbonyl (C=O) groups is 1. The zero-order chi connectivity index (χ0) is 16.7. The molecule has 3 heterocycles. The molecule has 24 heavy (non-hydrogen) atoms. The van der Waals surface area contributed by atoms with Crippen molar-refractivity contribution in [2.75, 3.05) is 44.3 Å². The minimum Gasteiger partial charge on any atom is -0.389 e. The van der Waals surface area contributed by atoms with Gasteiger partial charge in [0, 0.05) is 25.3 Å². The lowest BCUT2D eigenvalue weighted by atomic mass is 10.00. The Morgan fingerprint density at radius 2 is 2.08 bits per heavy atom. The highest BCUT2D eigenvalue weighted by molar-refractivity contribution is 6.40. The van der Waals surface area contributed by atoms with Crippen molar-refractivity contribution < 1.29 is 18.8 Å². The second-order valence-electron chi connectivity index (χ2n) is 6.13. The molecule has 0 radical (unpaired) electrons. The van der Waals surface area contributed by atoms with Gasteiger partial charge in [0.15, 0.2) is 11.8 Å². The van der Waals surface area contributed by atoms with E-state index in [0.717, 1.165) is 5.69 Å². The van der Waals surface area contributed by atoms with Gasteiger partial charge in [-0.2, -0.15) is 0 Å². The molecule has 0 aliphatic carbocycles. The van der Waals surface area contributed by atoms with Crippen molar-refractivity contribution in [2.45, 2.75) is 6.10 Å². The van der Waals surface area contributed by atoms with Gasteiger partial charge in [-0.25, -0.2) is 4.39 Å². The third-order valence-corrected chi connectivity index (χ3v) is 4.98. The highest BCUT2D eigenvalue weighted by Crippen LogP contribution is 2.33. The lowest BCUT2D eigenvalue weighted by Crippen LogP contribution is -2.46. The number of hydrogen-bond donors (Lipinski definition) is 0. The maximum Gasteiger partial charge on any atom is 0.272 e. The largest absolute Gasteiger partial charge is 0.389 e. The number of fused-ring (bicyclic) bond motifs is 1. The van der Waals surface area contributed by atoms with Gasteiger partial charge in [0.05, 0.1) is 30.7 Å². The van der Waals surface area contributed by atoms with Crippen molar-refractivity contribution in [1.82, 2.24) is 4.90 Å². The monoisotopic (exact) mass is 353 g/mol. The first-order valence-electron chi connectivity index (χ1n) is 7.94. The second kappa shape index (κ2) is 6.22. The third-order valence-electron chi connectivity index (χ3n) is 4.69. The Morgan fingerprint density at radius 3 is 2.83 bits per heavy atom. The van der Waals surface area contributed by atoms with Crippen LogP contribution in [-0.2, 0) is 14.4 Å². The predicted octanol–water partition coefficient (Wildman–Crippen LogP) is 1.53. The molecular formula is C16H17ClFN3O3. The van der Waals surface area contributed by atoms with Crippen LogP contribution in [0.2, 0.25) is 5.02 Å². The van der Waals surface area contributed by atoms with Gasteiger partial charge < -0.3 is 19.4 Å². The molecule has 0 N–H and O–H groups in total. The van der Waals surface area contributed by atoms with Gasteiger partial charge in [-0.3, -0.25) is 4.79 Å². The van der Waals surface area contributed by atoms with Crippen molar-refractivity contribution in [3.8, 4) is 0 Å². The van der Waals surface area contributed by atoms with E-state index >= 15 is 0 Å². The van der Waals surface area contributed by atoms with Crippen molar-refractivity contribution in [2.24, 2.45) is 11.1 Å². The maximum atomic E-state index is 13.3. The highest BCUT2D eigenvalue weighted by Gasteiger charge is 2.46. The Bertz CT molecular complexity index is 693. The minimum absolute atomic E-state index is 0.0789. The molecule has 1 aromatic carbocycles. The van der Waals surface area contributed by atoms with Crippen molar-refractivity contribution in [3.63, 3.8) is 0 Å². The molecule has 128 valence electrons. The molecule has 4 rings (SSSR count). The van der Waals surface area contributed by atoms with Gasteiger partial charge in [-0.1, -0.05) is 16.8 Å². The summed E-state index contributed by atoms with van der Waals surface area (Å²) in [7, 11) is 0. The van der Waals surface area contributed by atoms with Crippen LogP contribution in [-0.4, -0.2) is 62.0 Å². The van der Waals surface area contributed by atoms with Crippen LogP contribution >= 0.6 is 11.6 Å². The Balaban J connectivity index is 1.48. The molecule has 3 aliphatic rings. The van der Waals surface area contributed by atoms with Crippen LogP contribution in [0.5, 0.6) is 0 Å². The van der Waals surface area contributed by atoms with Crippen LogP contribution < -0.4 is 4.90 Å². The van der Waals surface area contributed by atoms with E-state index < -0.39 is 5.82 Å². The fourth-order valence-corrected chi connectivity index (χ4v) is 3.53. The number of oxime groups is 1. The minimum atomic E-state index is -0.444. The Labute approximate surface area is 143 Å². The zero-order valence-electron chi connectivity index (χ0n) is 13.0. The number of rotatable bonds is 2. The van der Waals surface area contributed by atoms with Crippen LogP contribution in [0.1, 0.15) is 0 Å². The number of amides is 1. The molecular weight excluding hydrogens is 337 g/mol. The summed E-state index contributed by atoms with van der Waals surface area (Å²) in [6.07, 6.45) is -0.159. The molecule has 0 bridgehead atoms. The van der Waals surface area contributed by atoms with Gasteiger partial charge in [0.2, 0.25) is 0 Å². The maximum absolute atomic E-state index is 13.3. The van der Waals surface area contributed by atoms with Crippen LogP contribution in [0.3, 0.4) is 0 Å². The number of halogens is 2. The number of morpholine rings is 1. The van der Waals surface area contributed by atoms with E-state index in [4.69, 9.17) is 21.2 Å². The summed E-state index contributed by atoms with van der Waals surface area (Å²) < 4.78 is 18.6. The Kier molecular flexibility index (Phi) is 4.05. The van der Waals surface area contributed by atoms with Gasteiger partial charge in [0.25, 0.3) is 5.91 Å². The van der Waals surface area contributed by atoms with E-state index in [2.05, 4.69) is 5.16 Å². The topological polar surface area (TPSA) is 54.4 Å². The van der Waals surface area contributed by atoms with Gasteiger partial charge in [-0.05, 0) is 18.2 Å². The van der Waals surface area contributed by atoms with E-state index in [-0.39, 0.29) is 23.0 Å². The number of nitrogens with zero attached hydrogens (tertiary/aromatic N) is 3. The van der Waals surface area contributed by atoms with E-state index in [1.807, 2.05) is 4.90 Å². The van der Waals surface area contributed by atoms with Gasteiger partial charge >= 0.3 is 0 Å². The average molecular weight is 354 g/mol. The first-order chi connectivity index (χ1) is 11.6. The Morgan fingerprint density at radius 1 is 1.29 bits per heavy atom. The molecule has 1 aromatic rings. The molecule has 0 spiro atoms. The fourth-order valence-electron chi connectivity index (χ4n) is 3.35. The molecule has 8 heteroatoms. The number of carbonyl (C=O) groups excluding carboxylic acids is 1. The van der Waals surface area contributed by atoms with Crippen LogP contribution in [0.15, 0.2) is 23.4 Å². The SMILES string of the molecule is O=C(C1=NO[C@@H]2CN(c3ccc(F)c(Cl)c3)C[C@H]12)N1CCOCC1. The number of anilines is 1. The summed E-state index contributed by atoms with van der Waals surface area (Å²) in [5.74, 6) is -0.602. The molecule has 3 aliphatic heterocycles. The predicted molar refractivity (Wildman–Crippen MR) is 86.8 cm³/mol. The summed E-state index contributed by atoms with van der Waals surface area (Å²) in [4.78, 5) is 21.9. The molecule has 2 fully saturated rings. The van der Waals surface area contributed by atoms with E-state index in [1.54, 1.807) is 17.0 Å². The number of benzene rings is 1. The van der Waals surface area contributed by atoms with Crippen molar-refractivity contribution in [3.05, 3.63) is 29.0 Å². The molecule has 2 atom stereocenters. The molecule has 0 aromatic heterocycles. The smallest absolute Gasteiger partial charge is 0.272 e. The number of hydrogen-bond acceptors (Lipinski definition) is 5. The normalized spacial score (nSPS) is 26.2. The van der Waals surface area contributed by atoms with Crippen LogP contribution in [0.4, 0.5) is 10.1 Å².